The lowest BCUT2D eigenvalue weighted by molar-refractivity contribution is -0.118. The Balaban J connectivity index is 0.000000436. The van der Waals surface area contributed by atoms with Gasteiger partial charge in [0.2, 0.25) is 5.91 Å². The van der Waals surface area contributed by atoms with Gasteiger partial charge in [0, 0.05) is 6.26 Å². The van der Waals surface area contributed by atoms with E-state index in [4.69, 9.17) is 22.8 Å². The molecule has 17 nitrogen and oxygen atoms in total. The van der Waals surface area contributed by atoms with Crippen LogP contribution in [0.2, 0.25) is 0 Å². The highest BCUT2D eigenvalue weighted by Crippen LogP contribution is 2.51. The number of amides is 2. The second kappa shape index (κ2) is 24.0. The molecule has 1 aromatic carbocycles. The Morgan fingerprint density at radius 2 is 1.19 bits per heavy atom. The number of hydrogen-bond acceptors (Lipinski definition) is 15. The molecule has 1 atom stereocenters. The Labute approximate surface area is 349 Å². The molecule has 1 aliphatic rings. The van der Waals surface area contributed by atoms with Crippen LogP contribution in [0.1, 0.15) is 111 Å². The molecule has 4 rings (SSSR count). The first-order chi connectivity index (χ1) is 27.3. The molecule has 0 saturated heterocycles. The number of hydrogen-bond donors (Lipinski definition) is 2. The third-order valence-electron chi connectivity index (χ3n) is 8.38. The molecule has 59 heavy (non-hydrogen) atoms. The molecule has 0 aliphatic heterocycles. The third-order valence-corrected chi connectivity index (χ3v) is 13.5. The van der Waals surface area contributed by atoms with Gasteiger partial charge in [0.1, 0.15) is 5.60 Å². The molecular formula is C39H62N6O11P2S. The summed E-state index contributed by atoms with van der Waals surface area (Å²) in [6, 6.07) is 6.51. The summed E-state index contributed by atoms with van der Waals surface area (Å²) in [5.74, 6) is 0.306. The highest BCUT2D eigenvalue weighted by Gasteiger charge is 2.29. The number of nitrogens with one attached hydrogen (secondary N) is 2. The second-order valence-electron chi connectivity index (χ2n) is 14.4. The van der Waals surface area contributed by atoms with Crippen molar-refractivity contribution in [1.29, 1.82) is 0 Å². The summed E-state index contributed by atoms with van der Waals surface area (Å²) in [4.78, 5) is 41.8. The minimum atomic E-state index is -3.32. The molecule has 1 fully saturated rings. The van der Waals surface area contributed by atoms with Crippen LogP contribution in [0.3, 0.4) is 0 Å². The fourth-order valence-corrected chi connectivity index (χ4v) is 9.82. The number of benzene rings is 1. The van der Waals surface area contributed by atoms with Crippen LogP contribution in [0.25, 0.3) is 0 Å². The van der Waals surface area contributed by atoms with Crippen molar-refractivity contribution in [3.8, 4) is 0 Å². The Morgan fingerprint density at radius 1 is 0.746 bits per heavy atom. The minimum Gasteiger partial charge on any atom is -0.444 e. The van der Waals surface area contributed by atoms with E-state index in [0.717, 1.165) is 37.5 Å². The predicted molar refractivity (Wildman–Crippen MR) is 227 cm³/mol. The fourth-order valence-electron chi connectivity index (χ4n) is 5.99. The molecule has 3 aromatic rings. The van der Waals surface area contributed by atoms with E-state index in [1.54, 1.807) is 72.7 Å². The average Bonchev–Trinajstić information content (AvgIpc) is 3.65. The second-order valence-corrected chi connectivity index (χ2v) is 20.5. The number of nitrogens with zero attached hydrogens (tertiary/aromatic N) is 4. The molecule has 0 spiro atoms. The number of aromatic nitrogens is 4. The molecular weight excluding hydrogens is 822 g/mol. The van der Waals surface area contributed by atoms with E-state index in [9.17, 15) is 27.1 Å². The summed E-state index contributed by atoms with van der Waals surface area (Å²) < 4.78 is 74.9. The van der Waals surface area contributed by atoms with Gasteiger partial charge in [-0.3, -0.25) is 29.2 Å². The molecule has 0 bridgehead atoms. The monoisotopic (exact) mass is 884 g/mol. The Kier molecular flexibility index (Phi) is 20.9. The summed E-state index contributed by atoms with van der Waals surface area (Å²) in [5.41, 5.74) is 1.05. The van der Waals surface area contributed by atoms with Crippen molar-refractivity contribution in [2.75, 3.05) is 43.3 Å². The molecule has 1 saturated carbocycles. The molecule has 1 aliphatic carbocycles. The zero-order valence-electron chi connectivity index (χ0n) is 34.6. The summed E-state index contributed by atoms with van der Waals surface area (Å²) in [5, 5.41) is 5.31. The average molecular weight is 885 g/mol. The van der Waals surface area contributed by atoms with Gasteiger partial charge in [-0.15, -0.1) is 0 Å². The van der Waals surface area contributed by atoms with Gasteiger partial charge >= 0.3 is 21.3 Å². The van der Waals surface area contributed by atoms with Crippen LogP contribution in [0.4, 0.5) is 16.4 Å². The van der Waals surface area contributed by atoms with Crippen LogP contribution in [0, 0.1) is 5.92 Å². The topological polar surface area (TPSA) is 224 Å². The third kappa shape index (κ3) is 18.3. The first-order valence-corrected chi connectivity index (χ1v) is 24.6. The standard InChI is InChI=1S/C24H34N3O6PS.C14H24N3O5P.CH4/c1-4-32-34(29,33-5-2)17-20-15-26-23(16-25-20)27-24(28)22(14-18-8-6-7-9-18)19-10-12-21(13-11-19)35(3,30)31;1-6-20-23(19,21-7-2)10-11-8-16-12(9-15-11)17-13(18)22-14(3,4)5;/h10-13,15-16,18,22H,4-9,14,17H2,1-3H3,(H,26,27,28);8-9H,6-7,10H2,1-5H3,(H,16,17,18);1H4/t22-;;/m1../s1. The summed E-state index contributed by atoms with van der Waals surface area (Å²) in [6.45, 7) is 13.3. The molecule has 2 N–H and O–H groups in total. The van der Waals surface area contributed by atoms with Crippen molar-refractivity contribution in [2.24, 2.45) is 5.92 Å². The van der Waals surface area contributed by atoms with E-state index in [0.29, 0.717) is 23.7 Å². The lowest BCUT2D eigenvalue weighted by Gasteiger charge is -2.21. The van der Waals surface area contributed by atoms with E-state index in [2.05, 4.69) is 30.6 Å². The minimum absolute atomic E-state index is 0. The van der Waals surface area contributed by atoms with Crippen molar-refractivity contribution in [2.45, 2.75) is 117 Å². The number of ether oxygens (including phenoxy) is 1. The van der Waals surface area contributed by atoms with Gasteiger partial charge < -0.3 is 28.1 Å². The van der Waals surface area contributed by atoms with Crippen LogP contribution in [0.5, 0.6) is 0 Å². The van der Waals surface area contributed by atoms with Gasteiger partial charge in [-0.05, 0) is 78.5 Å². The number of anilines is 2. The maximum Gasteiger partial charge on any atom is 0.413 e. The molecule has 0 unspecified atom stereocenters. The lowest BCUT2D eigenvalue weighted by atomic mass is 9.87. The predicted octanol–water partition coefficient (Wildman–Crippen LogP) is 9.17. The van der Waals surface area contributed by atoms with Crippen LogP contribution < -0.4 is 10.6 Å². The van der Waals surface area contributed by atoms with Crippen molar-refractivity contribution >= 4 is 48.7 Å². The maximum atomic E-state index is 13.3. The van der Waals surface area contributed by atoms with Gasteiger partial charge in [0.05, 0.1) is 85.7 Å². The van der Waals surface area contributed by atoms with Crippen LogP contribution in [-0.2, 0) is 58.9 Å². The maximum absolute atomic E-state index is 13.3. The fraction of sp³-hybridized carbons (Fsp3) is 0.590. The van der Waals surface area contributed by atoms with E-state index in [1.165, 1.54) is 24.8 Å². The van der Waals surface area contributed by atoms with Gasteiger partial charge in [-0.25, -0.2) is 23.2 Å². The quantitative estimate of drug-likeness (QED) is 0.107. The summed E-state index contributed by atoms with van der Waals surface area (Å²) in [7, 11) is -9.85. The number of sulfone groups is 1. The SMILES string of the molecule is C.CCOP(=O)(Cc1cnc(NC(=O)OC(C)(C)C)cn1)OCC.CCOP(=O)(Cc1cnc(NC(=O)[C@H](CC2CCCC2)c2ccc(S(C)(=O)=O)cc2)cn1)OCC. The van der Waals surface area contributed by atoms with Crippen molar-refractivity contribution < 1.29 is 50.0 Å². The van der Waals surface area contributed by atoms with Crippen LogP contribution >= 0.6 is 15.2 Å². The van der Waals surface area contributed by atoms with Crippen molar-refractivity contribution in [3.05, 3.63) is 66.0 Å². The summed E-state index contributed by atoms with van der Waals surface area (Å²) in [6.07, 6.45) is 11.4. The van der Waals surface area contributed by atoms with Gasteiger partial charge in [0.25, 0.3) is 0 Å². The zero-order valence-corrected chi connectivity index (χ0v) is 37.2. The molecule has 20 heteroatoms. The first kappa shape index (κ1) is 51.5. The van der Waals surface area contributed by atoms with E-state index in [1.807, 2.05) is 0 Å². The van der Waals surface area contributed by atoms with Gasteiger partial charge in [-0.1, -0.05) is 45.2 Å². The number of rotatable bonds is 19. The molecule has 2 heterocycles. The lowest BCUT2D eigenvalue weighted by Crippen LogP contribution is -2.27. The molecule has 2 amide bonds. The highest BCUT2D eigenvalue weighted by molar-refractivity contribution is 7.90. The smallest absolute Gasteiger partial charge is 0.413 e. The highest BCUT2D eigenvalue weighted by atomic mass is 32.2. The normalized spacial score (nSPS) is 14.0. The van der Waals surface area contributed by atoms with E-state index >= 15 is 0 Å². The Hall–Kier alpha value is -3.63. The summed E-state index contributed by atoms with van der Waals surface area (Å²) >= 11 is 0. The Bertz CT molecular complexity index is 1940. The molecule has 0 radical (unpaired) electrons. The Morgan fingerprint density at radius 3 is 1.56 bits per heavy atom. The number of carbonyl (C=O) groups is 2. The first-order valence-electron chi connectivity index (χ1n) is 19.3. The van der Waals surface area contributed by atoms with Crippen LogP contribution in [0.15, 0.2) is 53.9 Å². The molecule has 330 valence electrons. The van der Waals surface area contributed by atoms with Crippen molar-refractivity contribution in [1.82, 2.24) is 19.9 Å². The van der Waals surface area contributed by atoms with Gasteiger partial charge in [-0.2, -0.15) is 0 Å². The number of carbonyl (C=O) groups excluding carboxylic acids is 2. The van der Waals surface area contributed by atoms with Gasteiger partial charge in [0.15, 0.2) is 21.5 Å². The van der Waals surface area contributed by atoms with Crippen LogP contribution in [-0.4, -0.2) is 78.6 Å². The van der Waals surface area contributed by atoms with E-state index < -0.39 is 42.6 Å². The van der Waals surface area contributed by atoms with Crippen molar-refractivity contribution in [3.63, 3.8) is 0 Å². The molecule has 2 aromatic heterocycles. The largest absolute Gasteiger partial charge is 0.444 e. The zero-order chi connectivity index (χ0) is 43.0. The van der Waals surface area contributed by atoms with E-state index in [-0.39, 0.29) is 68.6 Å².